The Labute approximate surface area is 145 Å². The molecule has 1 N–H and O–H groups in total. The number of piperidine rings is 1. The molecular weight excluding hydrogens is 357 g/mol. The molecule has 1 fully saturated rings. The number of carbonyl (C=O) groups is 1. The fourth-order valence-corrected chi connectivity index (χ4v) is 4.76. The molecule has 1 aromatic rings. The summed E-state index contributed by atoms with van der Waals surface area (Å²) < 4.78 is 63.5. The Morgan fingerprint density at radius 2 is 1.84 bits per heavy atom. The van der Waals surface area contributed by atoms with Gasteiger partial charge in [0.15, 0.2) is 0 Å². The van der Waals surface area contributed by atoms with E-state index in [1.165, 1.54) is 22.5 Å². The Morgan fingerprint density at radius 1 is 1.24 bits per heavy atom. The molecule has 1 aliphatic rings. The van der Waals surface area contributed by atoms with Crippen LogP contribution in [0.25, 0.3) is 0 Å². The fourth-order valence-electron chi connectivity index (χ4n) is 3.03. The highest BCUT2D eigenvalue weighted by Gasteiger charge is 2.32. The smallest absolute Gasteiger partial charge is 0.343 e. The van der Waals surface area contributed by atoms with Crippen molar-refractivity contribution in [3.8, 4) is 0 Å². The first-order chi connectivity index (χ1) is 11.5. The van der Waals surface area contributed by atoms with Gasteiger partial charge in [-0.3, -0.25) is 4.79 Å². The molecular formula is C16H21F3N2O3S. The van der Waals surface area contributed by atoms with Crippen LogP contribution in [0.3, 0.4) is 0 Å². The predicted molar refractivity (Wildman–Crippen MR) is 86.5 cm³/mol. The van der Waals surface area contributed by atoms with Crippen molar-refractivity contribution in [1.82, 2.24) is 9.62 Å². The van der Waals surface area contributed by atoms with Gasteiger partial charge >= 0.3 is 6.18 Å². The summed E-state index contributed by atoms with van der Waals surface area (Å²) in [5.74, 6) is -0.525. The van der Waals surface area contributed by atoms with Crippen LogP contribution in [0.15, 0.2) is 29.2 Å². The number of amides is 1. The third-order valence-electron chi connectivity index (χ3n) is 4.02. The first-order valence-corrected chi connectivity index (χ1v) is 9.38. The van der Waals surface area contributed by atoms with Crippen LogP contribution in [-0.2, 0) is 10.0 Å². The monoisotopic (exact) mass is 378 g/mol. The lowest BCUT2D eigenvalue weighted by Crippen LogP contribution is -2.42. The molecule has 0 bridgehead atoms. The molecule has 2 rings (SSSR count). The molecule has 0 aromatic heterocycles. The molecule has 9 heteroatoms. The van der Waals surface area contributed by atoms with E-state index in [2.05, 4.69) is 0 Å². The van der Waals surface area contributed by atoms with Gasteiger partial charge in [-0.15, -0.1) is 0 Å². The molecule has 1 heterocycles. The average molecular weight is 378 g/mol. The van der Waals surface area contributed by atoms with Crippen molar-refractivity contribution in [3.63, 3.8) is 0 Å². The number of alkyl halides is 3. The number of hydrogen-bond acceptors (Lipinski definition) is 3. The van der Waals surface area contributed by atoms with Crippen LogP contribution in [0.1, 0.15) is 30.6 Å². The van der Waals surface area contributed by atoms with Crippen LogP contribution >= 0.6 is 0 Å². The maximum Gasteiger partial charge on any atom is 0.405 e. The minimum Gasteiger partial charge on any atom is -0.343 e. The van der Waals surface area contributed by atoms with Crippen molar-refractivity contribution in [2.75, 3.05) is 19.6 Å². The lowest BCUT2D eigenvalue weighted by atomic mass is 9.94. The fraction of sp³-hybridized carbons (Fsp3) is 0.562. The summed E-state index contributed by atoms with van der Waals surface area (Å²) in [5.41, 5.74) is -0.122. The van der Waals surface area contributed by atoms with Crippen molar-refractivity contribution in [2.45, 2.75) is 31.3 Å². The number of nitrogens with one attached hydrogen (secondary N) is 1. The third-order valence-corrected chi connectivity index (χ3v) is 5.85. The Kier molecular flexibility index (Phi) is 5.78. The first kappa shape index (κ1) is 19.7. The molecule has 2 atom stereocenters. The summed E-state index contributed by atoms with van der Waals surface area (Å²) >= 11 is 0. The second kappa shape index (κ2) is 7.33. The first-order valence-electron chi connectivity index (χ1n) is 7.94. The molecule has 1 aromatic carbocycles. The van der Waals surface area contributed by atoms with E-state index in [1.54, 1.807) is 5.32 Å². The van der Waals surface area contributed by atoms with Gasteiger partial charge in [0, 0.05) is 18.7 Å². The van der Waals surface area contributed by atoms with Crippen LogP contribution in [0.5, 0.6) is 0 Å². The lowest BCUT2D eigenvalue weighted by Gasteiger charge is -2.34. The van der Waals surface area contributed by atoms with Crippen molar-refractivity contribution in [3.05, 3.63) is 29.8 Å². The number of sulfonamides is 1. The third kappa shape index (κ3) is 5.18. The van der Waals surface area contributed by atoms with Gasteiger partial charge in [-0.25, -0.2) is 8.42 Å². The van der Waals surface area contributed by atoms with Crippen molar-refractivity contribution in [1.29, 1.82) is 0 Å². The van der Waals surface area contributed by atoms with E-state index in [0.29, 0.717) is 13.1 Å². The minimum absolute atomic E-state index is 0.0894. The predicted octanol–water partition coefficient (Wildman–Crippen LogP) is 2.65. The van der Waals surface area contributed by atoms with E-state index in [0.717, 1.165) is 12.5 Å². The van der Waals surface area contributed by atoms with Gasteiger partial charge in [0.05, 0.1) is 4.90 Å². The normalized spacial score (nSPS) is 22.6. The maximum absolute atomic E-state index is 12.8. The topological polar surface area (TPSA) is 66.5 Å². The standard InChI is InChI=1S/C16H21F3N2O3S/c1-11-6-12(2)9-21(8-11)25(23,24)14-5-3-4-13(7-14)15(22)20-10-16(17,18)19/h3-5,7,11-12H,6,8-10H2,1-2H3,(H,20,22). The van der Waals surface area contributed by atoms with Crippen LogP contribution in [0.2, 0.25) is 0 Å². The van der Waals surface area contributed by atoms with Gasteiger partial charge in [0.2, 0.25) is 10.0 Å². The van der Waals surface area contributed by atoms with E-state index in [1.807, 2.05) is 13.8 Å². The molecule has 1 amide bonds. The van der Waals surface area contributed by atoms with Gasteiger partial charge in [-0.05, 0) is 36.5 Å². The Morgan fingerprint density at radius 3 is 2.40 bits per heavy atom. The number of hydrogen-bond donors (Lipinski definition) is 1. The molecule has 0 radical (unpaired) electrons. The largest absolute Gasteiger partial charge is 0.405 e. The van der Waals surface area contributed by atoms with Gasteiger partial charge in [0.1, 0.15) is 6.54 Å². The molecule has 0 aliphatic carbocycles. The minimum atomic E-state index is -4.53. The van der Waals surface area contributed by atoms with Crippen LogP contribution < -0.4 is 5.32 Å². The molecule has 140 valence electrons. The highest BCUT2D eigenvalue weighted by molar-refractivity contribution is 7.89. The zero-order valence-electron chi connectivity index (χ0n) is 14.0. The number of halogens is 3. The SMILES string of the molecule is CC1CC(C)CN(S(=O)(=O)c2cccc(C(=O)NCC(F)(F)F)c2)C1. The molecule has 0 saturated carbocycles. The highest BCUT2D eigenvalue weighted by atomic mass is 32.2. The Bertz CT molecular complexity index is 724. The van der Waals surface area contributed by atoms with Crippen molar-refractivity contribution < 1.29 is 26.4 Å². The van der Waals surface area contributed by atoms with E-state index in [9.17, 15) is 26.4 Å². The van der Waals surface area contributed by atoms with Crippen LogP contribution in [-0.4, -0.2) is 44.4 Å². The van der Waals surface area contributed by atoms with Gasteiger partial charge in [-0.2, -0.15) is 17.5 Å². The zero-order chi connectivity index (χ0) is 18.8. The summed E-state index contributed by atoms with van der Waals surface area (Å²) in [5, 5.41) is 1.74. The Balaban J connectivity index is 2.21. The maximum atomic E-state index is 12.8. The summed E-state index contributed by atoms with van der Waals surface area (Å²) in [4.78, 5) is 11.7. The van der Waals surface area contributed by atoms with Gasteiger partial charge in [0.25, 0.3) is 5.91 Å². The van der Waals surface area contributed by atoms with E-state index in [-0.39, 0.29) is 22.3 Å². The molecule has 25 heavy (non-hydrogen) atoms. The molecule has 1 saturated heterocycles. The van der Waals surface area contributed by atoms with Gasteiger partial charge < -0.3 is 5.32 Å². The quantitative estimate of drug-likeness (QED) is 0.876. The number of benzene rings is 1. The Hall–Kier alpha value is -1.61. The zero-order valence-corrected chi connectivity index (χ0v) is 14.8. The van der Waals surface area contributed by atoms with Crippen LogP contribution in [0, 0.1) is 11.8 Å². The van der Waals surface area contributed by atoms with E-state index in [4.69, 9.17) is 0 Å². The van der Waals surface area contributed by atoms with Crippen molar-refractivity contribution in [2.24, 2.45) is 11.8 Å². The number of rotatable bonds is 4. The molecule has 5 nitrogen and oxygen atoms in total. The molecule has 2 unspecified atom stereocenters. The number of nitrogens with zero attached hydrogens (tertiary/aromatic N) is 1. The summed E-state index contributed by atoms with van der Waals surface area (Å²) in [7, 11) is -3.80. The van der Waals surface area contributed by atoms with E-state index >= 15 is 0 Å². The van der Waals surface area contributed by atoms with Crippen molar-refractivity contribution >= 4 is 15.9 Å². The second-order valence-corrected chi connectivity index (χ2v) is 8.53. The highest BCUT2D eigenvalue weighted by Crippen LogP contribution is 2.27. The summed E-state index contributed by atoms with van der Waals surface area (Å²) in [6.45, 7) is 3.25. The molecule has 0 spiro atoms. The van der Waals surface area contributed by atoms with Crippen LogP contribution in [0.4, 0.5) is 13.2 Å². The summed E-state index contributed by atoms with van der Waals surface area (Å²) in [6.07, 6.45) is -3.59. The average Bonchev–Trinajstić information content (AvgIpc) is 2.51. The second-order valence-electron chi connectivity index (χ2n) is 6.59. The summed E-state index contributed by atoms with van der Waals surface area (Å²) in [6, 6.07) is 5.10. The van der Waals surface area contributed by atoms with Gasteiger partial charge in [-0.1, -0.05) is 19.9 Å². The van der Waals surface area contributed by atoms with E-state index < -0.39 is 28.7 Å². The number of carbonyl (C=O) groups excluding carboxylic acids is 1. The lowest BCUT2D eigenvalue weighted by molar-refractivity contribution is -0.123. The molecule has 1 aliphatic heterocycles.